The van der Waals surface area contributed by atoms with Crippen LogP contribution in [0.5, 0.6) is 0 Å². The summed E-state index contributed by atoms with van der Waals surface area (Å²) in [5, 5.41) is 2.87. The molecule has 1 atom stereocenters. The third-order valence-corrected chi connectivity index (χ3v) is 2.84. The Morgan fingerprint density at radius 1 is 1.47 bits per heavy atom. The van der Waals surface area contributed by atoms with Crippen LogP contribution in [0.25, 0.3) is 0 Å². The van der Waals surface area contributed by atoms with Crippen molar-refractivity contribution in [2.75, 3.05) is 6.54 Å². The molecule has 0 saturated carbocycles. The van der Waals surface area contributed by atoms with Crippen LogP contribution in [0.2, 0.25) is 0 Å². The Morgan fingerprint density at radius 2 is 2.27 bits per heavy atom. The number of rotatable bonds is 3. The Hall–Kier alpha value is -1.57. The van der Waals surface area contributed by atoms with Gasteiger partial charge in [-0.2, -0.15) is 0 Å². The summed E-state index contributed by atoms with van der Waals surface area (Å²) in [6.45, 7) is 4.54. The van der Waals surface area contributed by atoms with E-state index in [2.05, 4.69) is 24.0 Å². The van der Waals surface area contributed by atoms with E-state index in [0.717, 1.165) is 24.9 Å². The summed E-state index contributed by atoms with van der Waals surface area (Å²) in [6.07, 6.45) is 3.62. The quantitative estimate of drug-likeness (QED) is 0.745. The second-order valence-corrected chi connectivity index (χ2v) is 3.82. The predicted octanol–water partition coefficient (Wildman–Crippen LogP) is 2.02. The summed E-state index contributed by atoms with van der Waals surface area (Å²) in [5.74, 6) is 0.202. The minimum atomic E-state index is 0.0427. The number of carbonyl (C=O) groups is 1. The molecule has 0 radical (unpaired) electrons. The third-order valence-electron chi connectivity index (χ3n) is 2.84. The first kappa shape index (κ1) is 9.97. The number of carbonyl (C=O) groups excluding carboxylic acids is 1. The molecule has 1 unspecified atom stereocenters. The molecule has 1 saturated heterocycles. The van der Waals surface area contributed by atoms with E-state index in [1.165, 1.54) is 5.56 Å². The van der Waals surface area contributed by atoms with Gasteiger partial charge in [0.2, 0.25) is 5.91 Å². The van der Waals surface area contributed by atoms with Crippen molar-refractivity contribution in [1.29, 1.82) is 0 Å². The molecule has 2 nitrogen and oxygen atoms in total. The lowest BCUT2D eigenvalue weighted by molar-refractivity contribution is -0.120. The molecule has 1 aliphatic heterocycles. The number of hydrogen-bond donors (Lipinski definition) is 1. The molecule has 1 aromatic rings. The average molecular weight is 201 g/mol. The van der Waals surface area contributed by atoms with Crippen LogP contribution in [-0.4, -0.2) is 12.5 Å². The van der Waals surface area contributed by atoms with E-state index in [1.54, 1.807) is 0 Å². The standard InChI is InChI=1S/C13H15NO/c1-2-5-10-6-3-4-7-11(10)12-8-9-14-13(12)15/h2-4,6-7,12H,1,5,8-9H2,(H,14,15). The highest BCUT2D eigenvalue weighted by Crippen LogP contribution is 2.26. The fourth-order valence-corrected chi connectivity index (χ4v) is 2.11. The Morgan fingerprint density at radius 3 is 2.93 bits per heavy atom. The largest absolute Gasteiger partial charge is 0.356 e. The molecule has 1 heterocycles. The van der Waals surface area contributed by atoms with E-state index in [9.17, 15) is 4.79 Å². The van der Waals surface area contributed by atoms with Crippen LogP contribution in [0.1, 0.15) is 23.5 Å². The predicted molar refractivity (Wildman–Crippen MR) is 60.7 cm³/mol. The Kier molecular flexibility index (Phi) is 2.86. The molecule has 2 rings (SSSR count). The van der Waals surface area contributed by atoms with Crippen molar-refractivity contribution in [2.45, 2.75) is 18.8 Å². The highest BCUT2D eigenvalue weighted by Gasteiger charge is 2.26. The molecule has 1 aromatic carbocycles. The smallest absolute Gasteiger partial charge is 0.227 e. The van der Waals surface area contributed by atoms with Gasteiger partial charge in [0.05, 0.1) is 5.92 Å². The highest BCUT2D eigenvalue weighted by atomic mass is 16.2. The minimum absolute atomic E-state index is 0.0427. The molecule has 0 bridgehead atoms. The molecule has 1 aliphatic rings. The van der Waals surface area contributed by atoms with Crippen molar-refractivity contribution in [2.24, 2.45) is 0 Å². The van der Waals surface area contributed by atoms with Gasteiger partial charge in [-0.15, -0.1) is 6.58 Å². The highest BCUT2D eigenvalue weighted by molar-refractivity contribution is 5.86. The van der Waals surface area contributed by atoms with Crippen molar-refractivity contribution in [1.82, 2.24) is 5.32 Å². The van der Waals surface area contributed by atoms with E-state index in [0.29, 0.717) is 0 Å². The molecule has 0 aliphatic carbocycles. The maximum atomic E-state index is 11.6. The molecule has 1 fully saturated rings. The maximum Gasteiger partial charge on any atom is 0.227 e. The summed E-state index contributed by atoms with van der Waals surface area (Å²) in [7, 11) is 0. The lowest BCUT2D eigenvalue weighted by Gasteiger charge is -2.11. The van der Waals surface area contributed by atoms with E-state index in [4.69, 9.17) is 0 Å². The van der Waals surface area contributed by atoms with Gasteiger partial charge in [-0.05, 0) is 24.0 Å². The molecule has 2 heteroatoms. The lowest BCUT2D eigenvalue weighted by atomic mass is 9.91. The molecular formula is C13H15NO. The molecule has 1 amide bonds. The Balaban J connectivity index is 2.33. The fraction of sp³-hybridized carbons (Fsp3) is 0.308. The summed E-state index contributed by atoms with van der Waals surface area (Å²) < 4.78 is 0. The van der Waals surface area contributed by atoms with Gasteiger partial charge in [-0.25, -0.2) is 0 Å². The second-order valence-electron chi connectivity index (χ2n) is 3.82. The van der Waals surface area contributed by atoms with Crippen LogP contribution in [0.3, 0.4) is 0 Å². The molecule has 0 aromatic heterocycles. The van der Waals surface area contributed by atoms with Crippen LogP contribution in [-0.2, 0) is 11.2 Å². The van der Waals surface area contributed by atoms with Gasteiger partial charge in [-0.1, -0.05) is 30.3 Å². The minimum Gasteiger partial charge on any atom is -0.356 e. The van der Waals surface area contributed by atoms with Crippen molar-refractivity contribution in [3.63, 3.8) is 0 Å². The van der Waals surface area contributed by atoms with Gasteiger partial charge >= 0.3 is 0 Å². The molecule has 15 heavy (non-hydrogen) atoms. The number of nitrogens with one attached hydrogen (secondary N) is 1. The second kappa shape index (κ2) is 4.30. The SMILES string of the molecule is C=CCc1ccccc1C1CCNC1=O. The normalized spacial score (nSPS) is 20.0. The van der Waals surface area contributed by atoms with Crippen molar-refractivity contribution in [3.05, 3.63) is 48.0 Å². The zero-order valence-electron chi connectivity index (χ0n) is 8.70. The van der Waals surface area contributed by atoms with E-state index >= 15 is 0 Å². The molecule has 1 N–H and O–H groups in total. The van der Waals surface area contributed by atoms with Crippen molar-refractivity contribution < 1.29 is 4.79 Å². The average Bonchev–Trinajstić information content (AvgIpc) is 2.66. The summed E-state index contributed by atoms with van der Waals surface area (Å²) in [5.41, 5.74) is 2.38. The van der Waals surface area contributed by atoms with Crippen LogP contribution >= 0.6 is 0 Å². The zero-order chi connectivity index (χ0) is 10.7. The summed E-state index contributed by atoms with van der Waals surface area (Å²) >= 11 is 0. The monoisotopic (exact) mass is 201 g/mol. The number of allylic oxidation sites excluding steroid dienone is 1. The van der Waals surface area contributed by atoms with Gasteiger partial charge in [0.15, 0.2) is 0 Å². The third kappa shape index (κ3) is 1.94. The summed E-state index contributed by atoms with van der Waals surface area (Å²) in [4.78, 5) is 11.6. The number of benzene rings is 1. The van der Waals surface area contributed by atoms with Crippen molar-refractivity contribution in [3.8, 4) is 0 Å². The number of amides is 1. The van der Waals surface area contributed by atoms with E-state index < -0.39 is 0 Å². The first-order valence-corrected chi connectivity index (χ1v) is 5.29. The summed E-state index contributed by atoms with van der Waals surface area (Å²) in [6, 6.07) is 8.12. The molecular weight excluding hydrogens is 186 g/mol. The maximum absolute atomic E-state index is 11.6. The van der Waals surface area contributed by atoms with E-state index in [1.807, 2.05) is 18.2 Å². The van der Waals surface area contributed by atoms with Gasteiger partial charge in [0.25, 0.3) is 0 Å². The fourth-order valence-electron chi connectivity index (χ4n) is 2.11. The van der Waals surface area contributed by atoms with Gasteiger partial charge in [-0.3, -0.25) is 4.79 Å². The van der Waals surface area contributed by atoms with Crippen LogP contribution in [0.15, 0.2) is 36.9 Å². The Bertz CT molecular complexity index is 384. The number of hydrogen-bond acceptors (Lipinski definition) is 1. The van der Waals surface area contributed by atoms with Crippen LogP contribution in [0.4, 0.5) is 0 Å². The Labute approximate surface area is 90.0 Å². The molecule has 0 spiro atoms. The van der Waals surface area contributed by atoms with Crippen molar-refractivity contribution >= 4 is 5.91 Å². The van der Waals surface area contributed by atoms with E-state index in [-0.39, 0.29) is 11.8 Å². The van der Waals surface area contributed by atoms with Gasteiger partial charge in [0, 0.05) is 6.54 Å². The zero-order valence-corrected chi connectivity index (χ0v) is 8.70. The topological polar surface area (TPSA) is 29.1 Å². The lowest BCUT2D eigenvalue weighted by Crippen LogP contribution is -2.18. The molecule has 78 valence electrons. The van der Waals surface area contributed by atoms with Gasteiger partial charge < -0.3 is 5.32 Å². The first-order valence-electron chi connectivity index (χ1n) is 5.29. The van der Waals surface area contributed by atoms with Gasteiger partial charge in [0.1, 0.15) is 0 Å². The first-order chi connectivity index (χ1) is 7.33. The van der Waals surface area contributed by atoms with Crippen LogP contribution in [0, 0.1) is 0 Å². The van der Waals surface area contributed by atoms with Crippen LogP contribution < -0.4 is 5.32 Å².